The molecule has 0 aliphatic carbocycles. The van der Waals surface area contributed by atoms with Crippen molar-refractivity contribution < 1.29 is 0 Å². The molecule has 4 nitrogen and oxygen atoms in total. The molecule has 0 bridgehead atoms. The molecule has 226 valence electrons. The molecule has 0 spiro atoms. The Morgan fingerprint density at radius 2 is 0.854 bits per heavy atom. The van der Waals surface area contributed by atoms with E-state index in [-0.39, 0.29) is 0 Å². The molecule has 4 aromatic heterocycles. The largest absolute Gasteiger partial charge is 0.255 e. The summed E-state index contributed by atoms with van der Waals surface area (Å²) >= 11 is 3.21. The lowest BCUT2D eigenvalue weighted by atomic mass is 9.85. The van der Waals surface area contributed by atoms with Crippen LogP contribution >= 0.6 is 22.7 Å². The van der Waals surface area contributed by atoms with Crippen molar-refractivity contribution in [3.8, 4) is 65.6 Å². The smallest absolute Gasteiger partial charge is 0.0824 e. The van der Waals surface area contributed by atoms with Crippen LogP contribution in [-0.4, -0.2) is 19.9 Å². The van der Waals surface area contributed by atoms with E-state index < -0.39 is 0 Å². The molecule has 0 saturated carbocycles. The van der Waals surface area contributed by atoms with Gasteiger partial charge in [0.1, 0.15) is 0 Å². The van der Waals surface area contributed by atoms with E-state index in [4.69, 9.17) is 9.97 Å². The van der Waals surface area contributed by atoms with E-state index >= 15 is 0 Å². The van der Waals surface area contributed by atoms with E-state index in [1.54, 1.807) is 22.7 Å². The van der Waals surface area contributed by atoms with E-state index in [2.05, 4.69) is 131 Å². The first-order valence-corrected chi connectivity index (χ1v) is 17.4. The van der Waals surface area contributed by atoms with Gasteiger partial charge < -0.3 is 0 Å². The summed E-state index contributed by atoms with van der Waals surface area (Å²) in [5, 5.41) is 4.75. The zero-order chi connectivity index (χ0) is 31.9. The molecule has 4 heterocycles. The van der Waals surface area contributed by atoms with Crippen molar-refractivity contribution in [3.63, 3.8) is 0 Å². The second-order valence-corrected chi connectivity index (χ2v) is 13.4. The number of fused-ring (bicyclic) bond motifs is 2. The molecule has 48 heavy (non-hydrogen) atoms. The van der Waals surface area contributed by atoms with Crippen LogP contribution in [0.3, 0.4) is 0 Å². The highest BCUT2D eigenvalue weighted by Gasteiger charge is 2.19. The first kappa shape index (κ1) is 28.4. The Labute approximate surface area is 285 Å². The zero-order valence-electron chi connectivity index (χ0n) is 25.6. The Hall–Kier alpha value is -5.82. The number of hydrogen-bond donors (Lipinski definition) is 0. The van der Waals surface area contributed by atoms with E-state index in [0.717, 1.165) is 32.3 Å². The Morgan fingerprint density at radius 1 is 0.375 bits per heavy atom. The van der Waals surface area contributed by atoms with Gasteiger partial charge in [-0.15, -0.1) is 22.7 Å². The summed E-state index contributed by atoms with van der Waals surface area (Å²) in [6.45, 7) is 0. The molecule has 5 aromatic carbocycles. The molecule has 0 radical (unpaired) electrons. The molecule has 6 heteroatoms. The molecular weight excluding hydrogens is 625 g/mol. The molecular formula is C42H26N4S2. The third-order valence-corrected chi connectivity index (χ3v) is 10.4. The van der Waals surface area contributed by atoms with E-state index in [0.29, 0.717) is 0 Å². The van der Waals surface area contributed by atoms with Crippen molar-refractivity contribution >= 4 is 44.2 Å². The molecule has 9 rings (SSSR count). The van der Waals surface area contributed by atoms with Crippen LogP contribution in [-0.2, 0) is 0 Å². The molecule has 0 aliphatic heterocycles. The third-order valence-electron chi connectivity index (χ3n) is 8.82. The monoisotopic (exact) mass is 650 g/mol. The van der Waals surface area contributed by atoms with Gasteiger partial charge in [0.2, 0.25) is 0 Å². The topological polar surface area (TPSA) is 51.6 Å². The fourth-order valence-corrected chi connectivity index (χ4v) is 7.77. The second kappa shape index (κ2) is 12.1. The maximum Gasteiger partial charge on any atom is 0.0824 e. The lowest BCUT2D eigenvalue weighted by molar-refractivity contribution is 1.33. The summed E-state index contributed by atoms with van der Waals surface area (Å²) < 4.78 is 0. The lowest BCUT2D eigenvalue weighted by Crippen LogP contribution is -1.93. The Bertz CT molecular complexity index is 2540. The highest BCUT2D eigenvalue weighted by Crippen LogP contribution is 2.45. The second-order valence-electron chi connectivity index (χ2n) is 11.6. The van der Waals surface area contributed by atoms with Crippen LogP contribution in [0.25, 0.3) is 87.2 Å². The number of benzene rings is 5. The summed E-state index contributed by atoms with van der Waals surface area (Å²) in [5.41, 5.74) is 15.0. The molecule has 0 amide bonds. The number of thiazole rings is 2. The summed E-state index contributed by atoms with van der Waals surface area (Å²) in [6, 6.07) is 43.7. The number of nitrogens with zero attached hydrogens (tertiary/aromatic N) is 4. The summed E-state index contributed by atoms with van der Waals surface area (Å²) in [7, 11) is 0. The summed E-state index contributed by atoms with van der Waals surface area (Å²) in [5.74, 6) is 0. The van der Waals surface area contributed by atoms with Gasteiger partial charge >= 0.3 is 0 Å². The van der Waals surface area contributed by atoms with Crippen LogP contribution in [0.2, 0.25) is 0 Å². The molecule has 0 unspecified atom stereocenters. The SMILES string of the molecule is c1ccc(-c2ccc(-c3ccc4c(-c5ccnc(-c6cncs6)c5)c5ccccc5c(-c5ccnc(-c6cncs6)c5)c4c3)cc2)cc1. The standard InChI is InChI=1S/C42H26N4S2/c1-2-6-27(7-3-1)28-10-12-29(13-11-28)30-14-15-35-36(20-30)42(32-17-19-46-38(22-32)40-24-44-26-48-40)34-9-5-4-8-33(34)41(35)31-16-18-45-37(21-31)39-23-43-25-47-39/h1-26H. The minimum absolute atomic E-state index is 0.923. The number of hydrogen-bond acceptors (Lipinski definition) is 6. The van der Waals surface area contributed by atoms with Crippen LogP contribution < -0.4 is 0 Å². The van der Waals surface area contributed by atoms with Gasteiger partial charge in [0.15, 0.2) is 0 Å². The maximum atomic E-state index is 4.72. The average molecular weight is 651 g/mol. The van der Waals surface area contributed by atoms with Gasteiger partial charge in [-0.25, -0.2) is 0 Å². The van der Waals surface area contributed by atoms with Crippen LogP contribution in [0, 0.1) is 0 Å². The minimum atomic E-state index is 0.923. The predicted octanol–water partition coefficient (Wildman–Crippen LogP) is 11.7. The van der Waals surface area contributed by atoms with Crippen molar-refractivity contribution in [1.29, 1.82) is 0 Å². The Balaban J connectivity index is 1.30. The average Bonchev–Trinajstić information content (AvgIpc) is 3.90. The molecule has 0 fully saturated rings. The first-order chi connectivity index (χ1) is 23.8. The summed E-state index contributed by atoms with van der Waals surface area (Å²) in [4.78, 5) is 20.1. The quantitative estimate of drug-likeness (QED) is 0.168. The van der Waals surface area contributed by atoms with Gasteiger partial charge in [-0.1, -0.05) is 91.0 Å². The minimum Gasteiger partial charge on any atom is -0.255 e. The Morgan fingerprint density at radius 3 is 1.42 bits per heavy atom. The van der Waals surface area contributed by atoms with Crippen LogP contribution in [0.15, 0.2) is 157 Å². The van der Waals surface area contributed by atoms with E-state index in [1.165, 1.54) is 54.9 Å². The van der Waals surface area contributed by atoms with Crippen LogP contribution in [0.4, 0.5) is 0 Å². The van der Waals surface area contributed by atoms with Crippen molar-refractivity contribution in [2.45, 2.75) is 0 Å². The predicted molar refractivity (Wildman–Crippen MR) is 201 cm³/mol. The number of rotatable bonds is 6. The van der Waals surface area contributed by atoms with Gasteiger partial charge in [0.05, 0.1) is 32.2 Å². The van der Waals surface area contributed by atoms with Gasteiger partial charge in [-0.05, 0) is 96.4 Å². The fourth-order valence-electron chi connectivity index (χ4n) is 6.59. The van der Waals surface area contributed by atoms with E-state index in [1.807, 2.05) is 35.8 Å². The lowest BCUT2D eigenvalue weighted by Gasteiger charge is -2.19. The molecule has 9 aromatic rings. The first-order valence-electron chi connectivity index (χ1n) is 15.6. The fraction of sp³-hybridized carbons (Fsp3) is 0. The number of pyridine rings is 2. The van der Waals surface area contributed by atoms with Gasteiger partial charge in [0.25, 0.3) is 0 Å². The molecule has 0 N–H and O–H groups in total. The highest BCUT2D eigenvalue weighted by molar-refractivity contribution is 7.13. The third kappa shape index (κ3) is 5.08. The summed E-state index contributed by atoms with van der Waals surface area (Å²) in [6.07, 6.45) is 7.59. The Kier molecular flexibility index (Phi) is 7.15. The van der Waals surface area contributed by atoms with E-state index in [9.17, 15) is 0 Å². The van der Waals surface area contributed by atoms with Crippen molar-refractivity contribution in [2.24, 2.45) is 0 Å². The molecule has 0 aliphatic rings. The van der Waals surface area contributed by atoms with Gasteiger partial charge in [0, 0.05) is 24.8 Å². The van der Waals surface area contributed by atoms with Crippen molar-refractivity contribution in [3.05, 3.63) is 157 Å². The normalized spacial score (nSPS) is 11.3. The van der Waals surface area contributed by atoms with Crippen molar-refractivity contribution in [1.82, 2.24) is 19.9 Å². The van der Waals surface area contributed by atoms with Gasteiger partial charge in [-0.2, -0.15) is 0 Å². The highest BCUT2D eigenvalue weighted by atomic mass is 32.1. The maximum absolute atomic E-state index is 4.72. The van der Waals surface area contributed by atoms with Gasteiger partial charge in [-0.3, -0.25) is 19.9 Å². The van der Waals surface area contributed by atoms with Crippen LogP contribution in [0.5, 0.6) is 0 Å². The number of aromatic nitrogens is 4. The van der Waals surface area contributed by atoms with Crippen molar-refractivity contribution in [2.75, 3.05) is 0 Å². The van der Waals surface area contributed by atoms with Crippen LogP contribution in [0.1, 0.15) is 0 Å². The molecule has 0 atom stereocenters. The molecule has 0 saturated heterocycles. The zero-order valence-corrected chi connectivity index (χ0v) is 27.2.